The second-order valence-electron chi connectivity index (χ2n) is 6.27. The van der Waals surface area contributed by atoms with Gasteiger partial charge < -0.3 is 5.32 Å². The summed E-state index contributed by atoms with van der Waals surface area (Å²) in [6, 6.07) is 5.87. The molecule has 1 saturated heterocycles. The van der Waals surface area contributed by atoms with Crippen LogP contribution in [0.3, 0.4) is 0 Å². The quantitative estimate of drug-likeness (QED) is 0.853. The molecule has 1 N–H and O–H groups in total. The number of halogens is 2. The summed E-state index contributed by atoms with van der Waals surface area (Å²) in [5.41, 5.74) is 1.81. The Bertz CT molecular complexity index is 722. The highest BCUT2D eigenvalue weighted by Crippen LogP contribution is 2.16. The molecule has 3 rings (SSSR count). The van der Waals surface area contributed by atoms with E-state index in [-0.39, 0.29) is 30.5 Å². The molecule has 0 atom stereocenters. The molecule has 8 heteroatoms. The van der Waals surface area contributed by atoms with Gasteiger partial charge in [-0.05, 0) is 57.8 Å². The van der Waals surface area contributed by atoms with Crippen LogP contribution in [0.4, 0.5) is 0 Å². The Hall–Kier alpha value is -1.37. The van der Waals surface area contributed by atoms with Crippen molar-refractivity contribution in [1.82, 2.24) is 24.6 Å². The molecule has 25 heavy (non-hydrogen) atoms. The van der Waals surface area contributed by atoms with Gasteiger partial charge in [0.25, 0.3) is 0 Å². The third-order valence-electron chi connectivity index (χ3n) is 4.50. The van der Waals surface area contributed by atoms with E-state index in [0.717, 1.165) is 49.6 Å². The van der Waals surface area contributed by atoms with Crippen LogP contribution in [0.2, 0.25) is 0 Å². The van der Waals surface area contributed by atoms with Gasteiger partial charge in [-0.2, -0.15) is 5.10 Å². The van der Waals surface area contributed by atoms with Gasteiger partial charge in [0.1, 0.15) is 5.82 Å². The molecule has 0 aromatic carbocycles. The topological polar surface area (TPSA) is 64.7 Å². The van der Waals surface area contributed by atoms with Crippen molar-refractivity contribution in [3.63, 3.8) is 0 Å². The van der Waals surface area contributed by atoms with Crippen molar-refractivity contribution in [3.8, 4) is 0 Å². The lowest BCUT2D eigenvalue weighted by molar-refractivity contribution is 0.362. The van der Waals surface area contributed by atoms with Gasteiger partial charge in [-0.15, -0.1) is 24.8 Å². The Morgan fingerprint density at radius 2 is 1.96 bits per heavy atom. The van der Waals surface area contributed by atoms with Crippen molar-refractivity contribution in [1.29, 1.82) is 0 Å². The van der Waals surface area contributed by atoms with Crippen molar-refractivity contribution in [3.05, 3.63) is 45.9 Å². The summed E-state index contributed by atoms with van der Waals surface area (Å²) in [4.78, 5) is 17.0. The van der Waals surface area contributed by atoms with Crippen LogP contribution in [0.15, 0.2) is 23.0 Å². The number of rotatable bonds is 5. The molecule has 1 fully saturated rings. The zero-order chi connectivity index (χ0) is 16.2. The second kappa shape index (κ2) is 9.94. The van der Waals surface area contributed by atoms with Crippen molar-refractivity contribution in [2.45, 2.75) is 46.2 Å². The number of hydrogen-bond donors (Lipinski definition) is 1. The van der Waals surface area contributed by atoms with E-state index in [1.165, 1.54) is 0 Å². The lowest BCUT2D eigenvalue weighted by atomic mass is 9.94. The van der Waals surface area contributed by atoms with E-state index in [2.05, 4.69) is 15.4 Å². The van der Waals surface area contributed by atoms with E-state index in [1.54, 1.807) is 9.25 Å². The van der Waals surface area contributed by atoms with Crippen LogP contribution in [-0.2, 0) is 19.5 Å². The van der Waals surface area contributed by atoms with Crippen molar-refractivity contribution < 1.29 is 0 Å². The van der Waals surface area contributed by atoms with E-state index in [4.69, 9.17) is 0 Å². The van der Waals surface area contributed by atoms with Gasteiger partial charge >= 0.3 is 5.69 Å². The number of nitrogens with one attached hydrogen (secondary N) is 1. The fourth-order valence-corrected chi connectivity index (χ4v) is 3.24. The Morgan fingerprint density at radius 1 is 1.24 bits per heavy atom. The summed E-state index contributed by atoms with van der Waals surface area (Å²) in [6.07, 6.45) is 3.20. The van der Waals surface area contributed by atoms with Gasteiger partial charge in [0.05, 0.1) is 12.2 Å². The van der Waals surface area contributed by atoms with Gasteiger partial charge in [-0.3, -0.25) is 9.55 Å². The van der Waals surface area contributed by atoms with Crippen LogP contribution in [-0.4, -0.2) is 32.4 Å². The summed E-state index contributed by atoms with van der Waals surface area (Å²) >= 11 is 0. The number of nitrogens with zero attached hydrogens (tertiary/aromatic N) is 4. The molecule has 0 spiro atoms. The number of aromatic nitrogens is 4. The summed E-state index contributed by atoms with van der Waals surface area (Å²) in [5.74, 6) is 1.53. The fraction of sp³-hybridized carbons (Fsp3) is 0.588. The van der Waals surface area contributed by atoms with Gasteiger partial charge in [0, 0.05) is 18.7 Å². The van der Waals surface area contributed by atoms with E-state index in [0.29, 0.717) is 19.0 Å². The van der Waals surface area contributed by atoms with E-state index >= 15 is 0 Å². The Balaban J connectivity index is 0.00000156. The second-order valence-corrected chi connectivity index (χ2v) is 6.27. The average molecular weight is 388 g/mol. The van der Waals surface area contributed by atoms with Crippen molar-refractivity contribution in [2.75, 3.05) is 13.1 Å². The highest BCUT2D eigenvalue weighted by Gasteiger charge is 2.19. The molecule has 0 unspecified atom stereocenters. The van der Waals surface area contributed by atoms with Gasteiger partial charge in [0.2, 0.25) is 0 Å². The third kappa shape index (κ3) is 5.30. The highest BCUT2D eigenvalue weighted by molar-refractivity contribution is 5.85. The zero-order valence-corrected chi connectivity index (χ0v) is 16.4. The molecule has 2 aromatic heterocycles. The van der Waals surface area contributed by atoms with Crippen LogP contribution in [0.5, 0.6) is 0 Å². The van der Waals surface area contributed by atoms with Gasteiger partial charge in [0.15, 0.2) is 0 Å². The lowest BCUT2D eigenvalue weighted by Gasteiger charge is -2.21. The molecule has 1 aliphatic heterocycles. The number of hydrogen-bond acceptors (Lipinski definition) is 4. The zero-order valence-electron chi connectivity index (χ0n) is 14.8. The molecule has 140 valence electrons. The molecule has 0 amide bonds. The SMILES string of the molecule is CCn1c(CC2CCNCC2)nn(Cc2cccc(C)n2)c1=O.Cl.Cl. The van der Waals surface area contributed by atoms with Crippen LogP contribution >= 0.6 is 24.8 Å². The van der Waals surface area contributed by atoms with Crippen LogP contribution in [0, 0.1) is 12.8 Å². The van der Waals surface area contributed by atoms with E-state index in [9.17, 15) is 4.79 Å². The van der Waals surface area contributed by atoms with E-state index in [1.807, 2.05) is 32.0 Å². The lowest BCUT2D eigenvalue weighted by Crippen LogP contribution is -2.30. The Labute approximate surface area is 160 Å². The largest absolute Gasteiger partial charge is 0.346 e. The predicted molar refractivity (Wildman–Crippen MR) is 104 cm³/mol. The molecule has 0 radical (unpaired) electrons. The van der Waals surface area contributed by atoms with Crippen molar-refractivity contribution in [2.24, 2.45) is 5.92 Å². The minimum atomic E-state index is -0.0280. The molecule has 0 aliphatic carbocycles. The third-order valence-corrected chi connectivity index (χ3v) is 4.50. The van der Waals surface area contributed by atoms with Crippen LogP contribution in [0.25, 0.3) is 0 Å². The Morgan fingerprint density at radius 3 is 2.60 bits per heavy atom. The van der Waals surface area contributed by atoms with Crippen molar-refractivity contribution >= 4 is 24.8 Å². The minimum Gasteiger partial charge on any atom is -0.317 e. The predicted octanol–water partition coefficient (Wildman–Crippen LogP) is 2.20. The van der Waals surface area contributed by atoms with Gasteiger partial charge in [-0.25, -0.2) is 9.48 Å². The molecule has 1 aliphatic rings. The van der Waals surface area contributed by atoms with Crippen LogP contribution in [0.1, 0.15) is 37.0 Å². The summed E-state index contributed by atoms with van der Waals surface area (Å²) in [6.45, 7) is 7.20. The maximum Gasteiger partial charge on any atom is 0.346 e. The molecule has 0 bridgehead atoms. The standard InChI is InChI=1S/C17H25N5O.2ClH/c1-3-21-16(11-14-7-9-18-10-8-14)20-22(17(21)23)12-15-6-4-5-13(2)19-15;;/h4-6,14,18H,3,7-12H2,1-2H3;2*1H. The molecule has 3 heterocycles. The normalized spacial score (nSPS) is 14.6. The molecular formula is C17H27Cl2N5O. The summed E-state index contributed by atoms with van der Waals surface area (Å²) in [7, 11) is 0. The maximum absolute atomic E-state index is 12.6. The van der Waals surface area contributed by atoms with Crippen LogP contribution < -0.4 is 11.0 Å². The number of piperidine rings is 1. The molecule has 2 aromatic rings. The number of aryl methyl sites for hydroxylation is 1. The molecule has 6 nitrogen and oxygen atoms in total. The maximum atomic E-state index is 12.6. The molecular weight excluding hydrogens is 361 g/mol. The van der Waals surface area contributed by atoms with Gasteiger partial charge in [-0.1, -0.05) is 6.07 Å². The summed E-state index contributed by atoms with van der Waals surface area (Å²) < 4.78 is 3.36. The fourth-order valence-electron chi connectivity index (χ4n) is 3.24. The first-order valence-electron chi connectivity index (χ1n) is 8.47. The first kappa shape index (κ1) is 21.7. The first-order valence-corrected chi connectivity index (χ1v) is 8.47. The smallest absolute Gasteiger partial charge is 0.317 e. The average Bonchev–Trinajstić information content (AvgIpc) is 2.83. The first-order chi connectivity index (χ1) is 11.2. The number of pyridine rings is 1. The Kier molecular flexibility index (Phi) is 8.62. The highest BCUT2D eigenvalue weighted by atomic mass is 35.5. The minimum absolute atomic E-state index is 0. The monoisotopic (exact) mass is 387 g/mol. The molecule has 0 saturated carbocycles. The van der Waals surface area contributed by atoms with E-state index < -0.39 is 0 Å². The summed E-state index contributed by atoms with van der Waals surface area (Å²) in [5, 5.41) is 7.99.